The topological polar surface area (TPSA) is 66.5 Å². The fourth-order valence-electron chi connectivity index (χ4n) is 7.08. The second-order valence-corrected chi connectivity index (χ2v) is 11.9. The smallest absolute Gasteiger partial charge is 0.183 e. The molecular weight excluding hydrogens is 434 g/mol. The summed E-state index contributed by atoms with van der Waals surface area (Å²) in [6.45, 7) is 9.65. The van der Waals surface area contributed by atoms with Gasteiger partial charge in [-0.2, -0.15) is 5.26 Å². The van der Waals surface area contributed by atoms with Crippen molar-refractivity contribution in [1.29, 1.82) is 5.26 Å². The zero-order valence-electron chi connectivity index (χ0n) is 20.9. The Morgan fingerprint density at radius 2 is 2.14 bits per heavy atom. The summed E-state index contributed by atoms with van der Waals surface area (Å²) in [7, 11) is 0. The molecule has 5 aliphatic rings. The van der Waals surface area contributed by atoms with E-state index in [2.05, 4.69) is 68.3 Å². The monoisotopic (exact) mass is 467 g/mol. The number of ether oxygens (including phenoxy) is 1. The van der Waals surface area contributed by atoms with E-state index >= 15 is 0 Å². The number of aromatic nitrogens is 3. The lowest BCUT2D eigenvalue weighted by Gasteiger charge is -2.41. The number of rotatable bonds is 5. The maximum atomic E-state index is 9.29. The largest absolute Gasteiger partial charge is 0.369 e. The van der Waals surface area contributed by atoms with E-state index in [1.807, 2.05) is 4.52 Å². The molecule has 3 saturated heterocycles. The first-order valence-corrected chi connectivity index (χ1v) is 13.1. The Bertz CT molecular complexity index is 1370. The van der Waals surface area contributed by atoms with Gasteiger partial charge in [-0.1, -0.05) is 38.1 Å². The SMILES string of the molecule is Cc1cc(N2CC[C@](C)(c3cccc([C@H]4CC4C)c3)C2)cn2nc(C34CC(CO3)C4CC#N)nc12. The third-order valence-electron chi connectivity index (χ3n) is 9.54. The van der Waals surface area contributed by atoms with E-state index in [4.69, 9.17) is 14.8 Å². The lowest BCUT2D eigenvalue weighted by Crippen LogP contribution is -2.45. The van der Waals surface area contributed by atoms with Crippen molar-refractivity contribution >= 4 is 11.3 Å². The van der Waals surface area contributed by atoms with Crippen LogP contribution in [0, 0.1) is 36.0 Å². The van der Waals surface area contributed by atoms with Gasteiger partial charge < -0.3 is 9.64 Å². The Balaban J connectivity index is 1.17. The van der Waals surface area contributed by atoms with Crippen LogP contribution < -0.4 is 4.90 Å². The lowest BCUT2D eigenvalue weighted by atomic mass is 9.62. The highest BCUT2D eigenvalue weighted by atomic mass is 16.5. The fourth-order valence-corrected chi connectivity index (χ4v) is 7.08. The van der Waals surface area contributed by atoms with Crippen LogP contribution in [0.5, 0.6) is 0 Å². The van der Waals surface area contributed by atoms with Crippen molar-refractivity contribution < 1.29 is 4.74 Å². The molecule has 2 saturated carbocycles. The van der Waals surface area contributed by atoms with Crippen molar-refractivity contribution in [2.75, 3.05) is 24.6 Å². The first kappa shape index (κ1) is 21.4. The maximum Gasteiger partial charge on any atom is 0.183 e. The molecule has 8 rings (SSSR count). The molecule has 6 nitrogen and oxygen atoms in total. The predicted octanol–water partition coefficient (Wildman–Crippen LogP) is 5.10. The van der Waals surface area contributed by atoms with Crippen molar-refractivity contribution in [3.05, 3.63) is 59.0 Å². The van der Waals surface area contributed by atoms with Crippen molar-refractivity contribution in [3.8, 4) is 6.07 Å². The molecule has 180 valence electrons. The molecule has 4 unspecified atom stereocenters. The third kappa shape index (κ3) is 3.10. The normalized spacial score (nSPS) is 35.3. The van der Waals surface area contributed by atoms with E-state index in [1.165, 1.54) is 23.2 Å². The van der Waals surface area contributed by atoms with Gasteiger partial charge in [0.15, 0.2) is 11.5 Å². The second kappa shape index (κ2) is 7.30. The van der Waals surface area contributed by atoms with Crippen LogP contribution in [0.1, 0.15) is 68.0 Å². The van der Waals surface area contributed by atoms with Gasteiger partial charge in [0.05, 0.1) is 24.6 Å². The fraction of sp³-hybridized carbons (Fsp3) is 0.552. The first-order chi connectivity index (χ1) is 16.9. The minimum absolute atomic E-state index is 0.145. The zero-order chi connectivity index (χ0) is 23.9. The van der Waals surface area contributed by atoms with Crippen LogP contribution in [0.15, 0.2) is 36.5 Å². The van der Waals surface area contributed by atoms with Gasteiger partial charge in [0, 0.05) is 30.8 Å². The summed E-state index contributed by atoms with van der Waals surface area (Å²) >= 11 is 0. The minimum Gasteiger partial charge on any atom is -0.369 e. The second-order valence-electron chi connectivity index (χ2n) is 11.9. The molecule has 6 heteroatoms. The van der Waals surface area contributed by atoms with Gasteiger partial charge >= 0.3 is 0 Å². The molecule has 1 aromatic carbocycles. The number of anilines is 1. The molecule has 5 fully saturated rings. The predicted molar refractivity (Wildman–Crippen MR) is 134 cm³/mol. The molecule has 2 bridgehead atoms. The molecule has 3 aliphatic heterocycles. The van der Waals surface area contributed by atoms with E-state index in [0.717, 1.165) is 61.4 Å². The van der Waals surface area contributed by atoms with Crippen molar-refractivity contribution in [3.63, 3.8) is 0 Å². The molecule has 0 amide bonds. The summed E-state index contributed by atoms with van der Waals surface area (Å²) < 4.78 is 8.12. The first-order valence-electron chi connectivity index (χ1n) is 13.1. The van der Waals surface area contributed by atoms with Gasteiger partial charge in [-0.05, 0) is 66.7 Å². The number of hydrogen-bond donors (Lipinski definition) is 0. The van der Waals surface area contributed by atoms with Gasteiger partial charge in [-0.15, -0.1) is 5.10 Å². The number of benzene rings is 1. The Kier molecular flexibility index (Phi) is 4.46. The lowest BCUT2D eigenvalue weighted by molar-refractivity contribution is -0.0628. The number of nitriles is 1. The van der Waals surface area contributed by atoms with Crippen LogP contribution in [0.2, 0.25) is 0 Å². The Morgan fingerprint density at radius 1 is 1.29 bits per heavy atom. The molecule has 0 N–H and O–H groups in total. The number of nitrogens with zero attached hydrogens (tertiary/aromatic N) is 5. The summed E-state index contributed by atoms with van der Waals surface area (Å²) in [6, 6.07) is 14.0. The van der Waals surface area contributed by atoms with Crippen LogP contribution in [0.4, 0.5) is 5.69 Å². The van der Waals surface area contributed by atoms with Gasteiger partial charge in [-0.3, -0.25) is 0 Å². The number of pyridine rings is 1. The highest BCUT2D eigenvalue weighted by molar-refractivity contribution is 5.58. The van der Waals surface area contributed by atoms with Crippen LogP contribution in [0.25, 0.3) is 5.65 Å². The van der Waals surface area contributed by atoms with E-state index in [0.29, 0.717) is 12.3 Å². The van der Waals surface area contributed by atoms with E-state index in [-0.39, 0.29) is 11.3 Å². The van der Waals surface area contributed by atoms with Crippen molar-refractivity contribution in [1.82, 2.24) is 14.6 Å². The molecule has 0 spiro atoms. The highest BCUT2D eigenvalue weighted by Gasteiger charge is 2.63. The third-order valence-corrected chi connectivity index (χ3v) is 9.54. The van der Waals surface area contributed by atoms with Crippen molar-refractivity contribution in [2.24, 2.45) is 17.8 Å². The molecule has 2 aromatic heterocycles. The Morgan fingerprint density at radius 3 is 2.91 bits per heavy atom. The van der Waals surface area contributed by atoms with Crippen molar-refractivity contribution in [2.45, 2.75) is 63.4 Å². The molecular formula is C29H33N5O. The van der Waals surface area contributed by atoms with E-state index < -0.39 is 5.60 Å². The highest BCUT2D eigenvalue weighted by Crippen LogP contribution is 2.60. The molecule has 2 aliphatic carbocycles. The zero-order valence-corrected chi connectivity index (χ0v) is 20.9. The van der Waals surface area contributed by atoms with Gasteiger partial charge in [0.1, 0.15) is 5.60 Å². The summed E-state index contributed by atoms with van der Waals surface area (Å²) in [5.41, 5.74) is 5.89. The van der Waals surface area contributed by atoms with E-state index in [9.17, 15) is 5.26 Å². The summed E-state index contributed by atoms with van der Waals surface area (Å²) in [6.07, 6.45) is 6.05. The molecule has 0 radical (unpaired) electrons. The van der Waals surface area contributed by atoms with Crippen LogP contribution in [-0.2, 0) is 15.8 Å². The standard InChI is InChI=1S/C29H33N5O/c1-18-12-24(18)20-5-4-6-22(13-20)28(3)8-10-33(17-28)23-11-19(2)26-31-27(32-34(26)15-23)29-14-21(16-35-29)25(29)7-9-30/h4-6,11,13,15,18,21,24-25H,7-8,10,12,14,16-17H2,1-3H3/t18?,21?,24-,25?,28-,29?/m0/s1. The van der Waals surface area contributed by atoms with Crippen LogP contribution in [-0.4, -0.2) is 34.3 Å². The number of fused-ring (bicyclic) bond motifs is 2. The van der Waals surface area contributed by atoms with Gasteiger partial charge in [0.25, 0.3) is 0 Å². The summed E-state index contributed by atoms with van der Waals surface area (Å²) in [5.74, 6) is 3.03. The quantitative estimate of drug-likeness (QED) is 0.522. The van der Waals surface area contributed by atoms with Gasteiger partial charge in [-0.25, -0.2) is 9.50 Å². The molecule has 6 atom stereocenters. The summed E-state index contributed by atoms with van der Waals surface area (Å²) in [4.78, 5) is 7.42. The van der Waals surface area contributed by atoms with Crippen LogP contribution >= 0.6 is 0 Å². The average Bonchev–Trinajstić information content (AvgIpc) is 3.30. The number of aryl methyl sites for hydroxylation is 1. The molecule has 3 aromatic rings. The number of hydrogen-bond acceptors (Lipinski definition) is 5. The minimum atomic E-state index is -0.463. The molecule has 5 heterocycles. The summed E-state index contributed by atoms with van der Waals surface area (Å²) in [5, 5.41) is 14.2. The average molecular weight is 468 g/mol. The Hall–Kier alpha value is -2.91. The van der Waals surface area contributed by atoms with Gasteiger partial charge in [0.2, 0.25) is 0 Å². The Labute approximate surface area is 206 Å². The maximum absolute atomic E-state index is 9.29. The molecule has 35 heavy (non-hydrogen) atoms. The van der Waals surface area contributed by atoms with Crippen LogP contribution in [0.3, 0.4) is 0 Å². The van der Waals surface area contributed by atoms with E-state index in [1.54, 1.807) is 0 Å².